The summed E-state index contributed by atoms with van der Waals surface area (Å²) in [5.74, 6) is 0.153. The summed E-state index contributed by atoms with van der Waals surface area (Å²) >= 11 is 0. The molecule has 1 saturated carbocycles. The van der Waals surface area contributed by atoms with Crippen molar-refractivity contribution in [1.29, 1.82) is 0 Å². The highest BCUT2D eigenvalue weighted by molar-refractivity contribution is 5.35. The van der Waals surface area contributed by atoms with Crippen molar-refractivity contribution in [3.8, 4) is 0 Å². The molecule has 1 aliphatic rings. The zero-order valence-electron chi connectivity index (χ0n) is 13.6. The highest BCUT2D eigenvalue weighted by atomic mass is 19.4. The number of hydrogen-bond donors (Lipinski definition) is 0. The first-order chi connectivity index (χ1) is 10.2. The van der Waals surface area contributed by atoms with Crippen LogP contribution < -0.4 is 0 Å². The van der Waals surface area contributed by atoms with Gasteiger partial charge in [0.15, 0.2) is 0 Å². The van der Waals surface area contributed by atoms with Gasteiger partial charge in [0.1, 0.15) is 0 Å². The van der Waals surface area contributed by atoms with Crippen LogP contribution in [0, 0.1) is 6.92 Å². The normalized spacial score (nSPS) is 26.5. The zero-order chi connectivity index (χ0) is 16.5. The summed E-state index contributed by atoms with van der Waals surface area (Å²) in [5, 5.41) is 0. The molecule has 0 heterocycles. The first kappa shape index (κ1) is 17.3. The lowest BCUT2D eigenvalue weighted by Gasteiger charge is -2.39. The number of hydrogen-bond acceptors (Lipinski definition) is 2. The maximum Gasteiger partial charge on any atom is 0.416 e. The molecule has 0 amide bonds. The van der Waals surface area contributed by atoms with Gasteiger partial charge in [0.05, 0.1) is 11.7 Å². The molecule has 2 rings (SSSR count). The Morgan fingerprint density at radius 1 is 1.18 bits per heavy atom. The van der Waals surface area contributed by atoms with Crippen LogP contribution in [0.5, 0.6) is 0 Å². The number of alkyl halides is 3. The highest BCUT2D eigenvalue weighted by Crippen LogP contribution is 2.39. The third-order valence-corrected chi connectivity index (χ3v) is 4.76. The van der Waals surface area contributed by atoms with Crippen molar-refractivity contribution < 1.29 is 17.9 Å². The molecule has 0 radical (unpaired) electrons. The van der Waals surface area contributed by atoms with Crippen molar-refractivity contribution >= 4 is 0 Å². The Labute approximate surface area is 130 Å². The summed E-state index contributed by atoms with van der Waals surface area (Å²) in [6.07, 6.45) is -1.57. The van der Waals surface area contributed by atoms with Gasteiger partial charge in [-0.05, 0) is 63.4 Å². The predicted octanol–water partition coefficient (Wildman–Crippen LogP) is 4.23. The van der Waals surface area contributed by atoms with Crippen LogP contribution in [0.2, 0.25) is 0 Å². The van der Waals surface area contributed by atoms with Gasteiger partial charge >= 0.3 is 6.18 Å². The minimum absolute atomic E-state index is 0.152. The summed E-state index contributed by atoms with van der Waals surface area (Å²) in [6.45, 7) is 1.51. The number of halogens is 3. The van der Waals surface area contributed by atoms with Gasteiger partial charge in [-0.2, -0.15) is 13.2 Å². The van der Waals surface area contributed by atoms with E-state index in [1.165, 1.54) is 13.0 Å². The van der Waals surface area contributed by atoms with Crippen LogP contribution in [0.3, 0.4) is 0 Å². The van der Waals surface area contributed by atoms with Crippen molar-refractivity contribution in [1.82, 2.24) is 4.90 Å². The fourth-order valence-electron chi connectivity index (χ4n) is 3.44. The predicted molar refractivity (Wildman–Crippen MR) is 81.0 cm³/mol. The molecule has 0 spiro atoms. The smallest absolute Gasteiger partial charge is 0.380 e. The van der Waals surface area contributed by atoms with Crippen molar-refractivity contribution in [2.24, 2.45) is 0 Å². The van der Waals surface area contributed by atoms with E-state index >= 15 is 0 Å². The molecule has 0 saturated heterocycles. The van der Waals surface area contributed by atoms with E-state index in [1.807, 2.05) is 20.2 Å². The van der Waals surface area contributed by atoms with E-state index in [-0.39, 0.29) is 23.6 Å². The molecule has 3 atom stereocenters. The van der Waals surface area contributed by atoms with Crippen molar-refractivity contribution in [3.63, 3.8) is 0 Å². The molecular formula is C17H24F3NO. The van der Waals surface area contributed by atoms with E-state index in [0.717, 1.165) is 24.8 Å². The summed E-state index contributed by atoms with van der Waals surface area (Å²) in [6, 6.07) is 5.00. The molecule has 0 unspecified atom stereocenters. The molecule has 5 heteroatoms. The van der Waals surface area contributed by atoms with Crippen LogP contribution >= 0.6 is 0 Å². The third-order valence-electron chi connectivity index (χ3n) is 4.76. The highest BCUT2D eigenvalue weighted by Gasteiger charge is 2.35. The molecule has 1 aliphatic carbocycles. The van der Waals surface area contributed by atoms with Gasteiger partial charge < -0.3 is 9.64 Å². The Kier molecular flexibility index (Phi) is 5.17. The number of methoxy groups -OCH3 is 1. The second-order valence-corrected chi connectivity index (χ2v) is 6.39. The van der Waals surface area contributed by atoms with Gasteiger partial charge in [0, 0.05) is 13.2 Å². The largest absolute Gasteiger partial charge is 0.416 e. The maximum atomic E-state index is 13.1. The van der Waals surface area contributed by atoms with E-state index < -0.39 is 11.7 Å². The molecule has 1 aromatic rings. The summed E-state index contributed by atoms with van der Waals surface area (Å²) < 4.78 is 44.8. The number of rotatable bonds is 3. The van der Waals surface area contributed by atoms with Gasteiger partial charge in [0.2, 0.25) is 0 Å². The Morgan fingerprint density at radius 3 is 2.41 bits per heavy atom. The number of likely N-dealkylation sites (N-methyl/N-ethyl adjacent to an activating group) is 1. The molecule has 22 heavy (non-hydrogen) atoms. The minimum atomic E-state index is -4.29. The second-order valence-electron chi connectivity index (χ2n) is 6.39. The van der Waals surface area contributed by atoms with Gasteiger partial charge in [-0.15, -0.1) is 0 Å². The fraction of sp³-hybridized carbons (Fsp3) is 0.647. The molecule has 124 valence electrons. The third kappa shape index (κ3) is 3.63. The van der Waals surface area contributed by atoms with E-state index in [1.54, 1.807) is 13.2 Å². The topological polar surface area (TPSA) is 12.5 Å². The average molecular weight is 315 g/mol. The quantitative estimate of drug-likeness (QED) is 0.828. The maximum absolute atomic E-state index is 13.1. The SMILES string of the molecule is CO[C@H]1CC[C@H](c2ccc(C)c(C(F)(F)F)c2)C[C@@H]1N(C)C. The minimum Gasteiger partial charge on any atom is -0.380 e. The first-order valence-electron chi connectivity index (χ1n) is 7.61. The van der Waals surface area contributed by atoms with Crippen LogP contribution in [0.4, 0.5) is 13.2 Å². The lowest BCUT2D eigenvalue weighted by Crippen LogP contribution is -2.44. The van der Waals surface area contributed by atoms with E-state index in [4.69, 9.17) is 4.74 Å². The molecule has 0 aromatic heterocycles. The van der Waals surface area contributed by atoms with Crippen molar-refractivity contribution in [2.75, 3.05) is 21.2 Å². The lowest BCUT2D eigenvalue weighted by molar-refractivity contribution is -0.138. The summed E-state index contributed by atoms with van der Waals surface area (Å²) in [4.78, 5) is 2.11. The monoisotopic (exact) mass is 315 g/mol. The molecular weight excluding hydrogens is 291 g/mol. The van der Waals surface area contributed by atoms with Crippen molar-refractivity contribution in [3.05, 3.63) is 34.9 Å². The molecule has 0 bridgehead atoms. The second kappa shape index (κ2) is 6.59. The number of benzene rings is 1. The fourth-order valence-corrected chi connectivity index (χ4v) is 3.44. The first-order valence-corrected chi connectivity index (χ1v) is 7.61. The Bertz CT molecular complexity index is 513. The Morgan fingerprint density at radius 2 is 1.86 bits per heavy atom. The summed E-state index contributed by atoms with van der Waals surface area (Å²) in [7, 11) is 5.69. The van der Waals surface area contributed by atoms with E-state index in [2.05, 4.69) is 4.90 Å². The van der Waals surface area contributed by atoms with Gasteiger partial charge in [0.25, 0.3) is 0 Å². The van der Waals surface area contributed by atoms with Crippen LogP contribution in [0.25, 0.3) is 0 Å². The van der Waals surface area contributed by atoms with Gasteiger partial charge in [-0.3, -0.25) is 0 Å². The number of aryl methyl sites for hydroxylation is 1. The van der Waals surface area contributed by atoms with E-state index in [0.29, 0.717) is 0 Å². The van der Waals surface area contributed by atoms with Crippen LogP contribution in [0.15, 0.2) is 18.2 Å². The standard InChI is InChI=1S/C17H24F3NO/c1-11-5-6-12(9-14(11)17(18,19)20)13-7-8-16(22-4)15(10-13)21(2)3/h5-6,9,13,15-16H,7-8,10H2,1-4H3/t13-,15-,16-/m0/s1. The average Bonchev–Trinajstić information content (AvgIpc) is 2.45. The van der Waals surface area contributed by atoms with Crippen molar-refractivity contribution in [2.45, 2.75) is 50.4 Å². The molecule has 1 fully saturated rings. The summed E-state index contributed by atoms with van der Waals surface area (Å²) in [5.41, 5.74) is 0.561. The number of ether oxygens (including phenoxy) is 1. The van der Waals surface area contributed by atoms with Gasteiger partial charge in [-0.1, -0.05) is 12.1 Å². The molecule has 1 aromatic carbocycles. The van der Waals surface area contributed by atoms with Crippen LogP contribution in [-0.4, -0.2) is 38.3 Å². The van der Waals surface area contributed by atoms with E-state index in [9.17, 15) is 13.2 Å². The van der Waals surface area contributed by atoms with Crippen LogP contribution in [-0.2, 0) is 10.9 Å². The van der Waals surface area contributed by atoms with Crippen LogP contribution in [0.1, 0.15) is 41.9 Å². The lowest BCUT2D eigenvalue weighted by atomic mass is 9.78. The molecule has 2 nitrogen and oxygen atoms in total. The molecule has 0 aliphatic heterocycles. The Hall–Kier alpha value is -1.07. The zero-order valence-corrected chi connectivity index (χ0v) is 13.6. The van der Waals surface area contributed by atoms with Gasteiger partial charge in [-0.25, -0.2) is 0 Å². The number of nitrogens with zero attached hydrogens (tertiary/aromatic N) is 1. The Balaban J connectivity index is 2.25. The molecule has 0 N–H and O–H groups in total.